The van der Waals surface area contributed by atoms with Crippen molar-refractivity contribution in [2.45, 2.75) is 19.8 Å². The van der Waals surface area contributed by atoms with Crippen molar-refractivity contribution in [3.63, 3.8) is 0 Å². The molecule has 2 aromatic rings. The topological polar surface area (TPSA) is 74.3 Å². The Kier molecular flexibility index (Phi) is 4.47. The van der Waals surface area contributed by atoms with Crippen molar-refractivity contribution >= 4 is 11.6 Å². The zero-order chi connectivity index (χ0) is 31.5. The van der Waals surface area contributed by atoms with Gasteiger partial charge < -0.3 is 19.9 Å². The molecule has 1 aliphatic rings. The molecule has 7 heteroatoms. The van der Waals surface area contributed by atoms with Crippen molar-refractivity contribution < 1.29 is 34.5 Å². The maximum Gasteiger partial charge on any atom is 0.238 e. The van der Waals surface area contributed by atoms with Crippen LogP contribution in [0.25, 0.3) is 0 Å². The second-order valence-corrected chi connectivity index (χ2v) is 7.04. The number of methoxy groups -OCH3 is 1. The van der Waals surface area contributed by atoms with E-state index in [4.69, 9.17) is 24.6 Å². The Morgan fingerprint density at radius 3 is 2.45 bits per heavy atom. The second kappa shape index (κ2) is 11.1. The second-order valence-electron chi connectivity index (χ2n) is 7.04. The highest BCUT2D eigenvalue weighted by Crippen LogP contribution is 2.25. The zero-order valence-corrected chi connectivity index (χ0v) is 16.9. The average molecular weight is 439 g/mol. The Morgan fingerprint density at radius 1 is 1.10 bits per heavy atom. The summed E-state index contributed by atoms with van der Waals surface area (Å²) >= 11 is 0. The third-order valence-corrected chi connectivity index (χ3v) is 4.76. The Balaban J connectivity index is 1.59. The molecule has 1 heterocycles. The number of carbonyl (C=O) groups is 1. The number of nitrogens with one attached hydrogen (secondary N) is 1. The molecular formula is C24H33N3O4. The monoisotopic (exact) mass is 438 g/mol. The number of carbonyl (C=O) groups excluding carboxylic acids is 1. The maximum atomic E-state index is 12.9. The lowest BCUT2D eigenvalue weighted by Crippen LogP contribution is -2.50. The Labute approximate surface area is 200 Å². The van der Waals surface area contributed by atoms with Gasteiger partial charge >= 0.3 is 0 Å². The normalized spacial score (nSPS) is 22.9. The van der Waals surface area contributed by atoms with Gasteiger partial charge in [0.25, 0.3) is 0 Å². The van der Waals surface area contributed by atoms with E-state index in [1.807, 2.05) is 0 Å². The van der Waals surface area contributed by atoms with Gasteiger partial charge in [0.05, 0.1) is 17.7 Å². The van der Waals surface area contributed by atoms with Crippen LogP contribution in [0.1, 0.15) is 26.2 Å². The van der Waals surface area contributed by atoms with Crippen LogP contribution in [0.15, 0.2) is 42.5 Å². The first kappa shape index (κ1) is 12.4. The summed E-state index contributed by atoms with van der Waals surface area (Å²) in [5.74, 6) is -0.675. The standard InChI is InChI=1S/C24H33N3O4/c1-18-7-6-8-19(2)24(18)25-23(29)16-27-13-11-26(12-14-27)15-20(28)17-31-22-10-5-4-9-21(22)30-3/h4-10,20,28H,11-17H2,1-3H3,(H,25,29)/i1D3,2D3,3D3,15D2. The third kappa shape index (κ3) is 6.69. The molecule has 0 aliphatic carbocycles. The van der Waals surface area contributed by atoms with E-state index in [2.05, 4.69) is 5.32 Å². The van der Waals surface area contributed by atoms with Crippen LogP contribution in [0.2, 0.25) is 0 Å². The predicted molar refractivity (Wildman–Crippen MR) is 122 cm³/mol. The molecule has 3 rings (SSSR count). The number of para-hydroxylation sites is 3. The number of ether oxygens (including phenoxy) is 2. The summed E-state index contributed by atoms with van der Waals surface area (Å²) in [6.07, 6.45) is -1.62. The molecule has 1 atom stereocenters. The Hall–Kier alpha value is -2.61. The maximum absolute atomic E-state index is 12.9. The smallest absolute Gasteiger partial charge is 0.238 e. The molecule has 1 amide bonds. The molecule has 0 aromatic heterocycles. The number of hydrogen-bond donors (Lipinski definition) is 2. The van der Waals surface area contributed by atoms with E-state index in [0.29, 0.717) is 0 Å². The van der Waals surface area contributed by atoms with Crippen molar-refractivity contribution in [2.24, 2.45) is 0 Å². The number of β-amino-alcohol motifs (C(OH)–C–C–N with tert-alkyl or cyclic N) is 1. The molecule has 1 fully saturated rings. The fraction of sp³-hybridized carbons (Fsp3) is 0.458. The molecule has 1 aliphatic heterocycles. The van der Waals surface area contributed by atoms with E-state index in [0.717, 1.165) is 0 Å². The van der Waals surface area contributed by atoms with Crippen LogP contribution in [0.4, 0.5) is 5.69 Å². The number of aliphatic hydroxyl groups is 1. The number of nitrogens with zero attached hydrogens (tertiary/aromatic N) is 2. The number of hydrogen-bond acceptors (Lipinski definition) is 6. The molecule has 7 nitrogen and oxygen atoms in total. The molecule has 2 N–H and O–H groups in total. The molecule has 168 valence electrons. The van der Waals surface area contributed by atoms with Crippen molar-refractivity contribution in [1.29, 1.82) is 0 Å². The highest BCUT2D eigenvalue weighted by molar-refractivity contribution is 5.93. The van der Waals surface area contributed by atoms with Crippen molar-refractivity contribution in [2.75, 3.05) is 58.2 Å². The summed E-state index contributed by atoms with van der Waals surface area (Å²) in [5, 5.41) is 13.1. The molecule has 1 saturated heterocycles. The van der Waals surface area contributed by atoms with Crippen molar-refractivity contribution in [3.8, 4) is 11.5 Å². The number of benzene rings is 2. The van der Waals surface area contributed by atoms with E-state index in [1.165, 1.54) is 35.2 Å². The van der Waals surface area contributed by atoms with Gasteiger partial charge in [0, 0.05) is 49.3 Å². The van der Waals surface area contributed by atoms with Crippen molar-refractivity contribution in [1.82, 2.24) is 9.80 Å². The van der Waals surface area contributed by atoms with Gasteiger partial charge in [0.15, 0.2) is 11.5 Å². The van der Waals surface area contributed by atoms with E-state index >= 15 is 0 Å². The first-order valence-corrected chi connectivity index (χ1v) is 9.79. The summed E-state index contributed by atoms with van der Waals surface area (Å²) in [4.78, 5) is 15.9. The first-order chi connectivity index (χ1) is 19.3. The van der Waals surface area contributed by atoms with E-state index in [-0.39, 0.29) is 61.0 Å². The van der Waals surface area contributed by atoms with Gasteiger partial charge in [0.2, 0.25) is 5.91 Å². The lowest BCUT2D eigenvalue weighted by Gasteiger charge is -2.35. The highest BCUT2D eigenvalue weighted by atomic mass is 16.5. The quantitative estimate of drug-likeness (QED) is 0.626. The lowest BCUT2D eigenvalue weighted by molar-refractivity contribution is -0.117. The van der Waals surface area contributed by atoms with Gasteiger partial charge in [-0.05, 0) is 37.0 Å². The van der Waals surface area contributed by atoms with Gasteiger partial charge in [-0.3, -0.25) is 14.6 Å². The van der Waals surface area contributed by atoms with Crippen LogP contribution in [0.3, 0.4) is 0 Å². The van der Waals surface area contributed by atoms with Gasteiger partial charge in [-0.15, -0.1) is 0 Å². The molecule has 0 bridgehead atoms. The van der Waals surface area contributed by atoms with Gasteiger partial charge in [-0.25, -0.2) is 0 Å². The number of aliphatic hydroxyl groups excluding tert-OH is 1. The lowest BCUT2D eigenvalue weighted by atomic mass is 10.1. The molecular weight excluding hydrogens is 394 g/mol. The fourth-order valence-electron chi connectivity index (χ4n) is 3.17. The van der Waals surface area contributed by atoms with E-state index < -0.39 is 45.9 Å². The minimum absolute atomic E-state index is 0.0287. The largest absolute Gasteiger partial charge is 0.493 e. The van der Waals surface area contributed by atoms with E-state index in [9.17, 15) is 9.90 Å². The van der Waals surface area contributed by atoms with E-state index in [1.54, 1.807) is 17.0 Å². The van der Waals surface area contributed by atoms with Gasteiger partial charge in [-0.1, -0.05) is 30.3 Å². The Morgan fingerprint density at radius 2 is 1.77 bits per heavy atom. The average Bonchev–Trinajstić information content (AvgIpc) is 2.86. The predicted octanol–water partition coefficient (Wildman–Crippen LogP) is 2.31. The number of rotatable bonds is 9. The zero-order valence-electron chi connectivity index (χ0n) is 27.9. The summed E-state index contributed by atoms with van der Waals surface area (Å²) in [7, 11) is -2.72. The summed E-state index contributed by atoms with van der Waals surface area (Å²) in [6.45, 7) is -7.53. The molecule has 1 unspecified atom stereocenters. The van der Waals surface area contributed by atoms with Crippen LogP contribution in [-0.2, 0) is 4.79 Å². The van der Waals surface area contributed by atoms with Crippen molar-refractivity contribution in [3.05, 3.63) is 53.6 Å². The Bertz CT molecular complexity index is 1200. The minimum atomic E-state index is -2.72. The van der Waals surface area contributed by atoms with Crippen LogP contribution >= 0.6 is 0 Å². The fourth-order valence-corrected chi connectivity index (χ4v) is 3.17. The summed E-state index contributed by atoms with van der Waals surface area (Å²) in [5.41, 5.74) is -0.844. The SMILES string of the molecule is [2H]C([2H])([2H])Oc1ccccc1OCC(O)C([2H])([2H])N1CCN(CC(=O)Nc2c(C([2H])([2H])[2H])cccc2C([2H])([2H])[2H])CC1. The molecule has 0 spiro atoms. The molecule has 31 heavy (non-hydrogen) atoms. The number of anilines is 1. The molecule has 0 saturated carbocycles. The van der Waals surface area contributed by atoms with Crippen LogP contribution < -0.4 is 14.8 Å². The minimum Gasteiger partial charge on any atom is -0.493 e. The number of aryl methyl sites for hydroxylation is 2. The summed E-state index contributed by atoms with van der Waals surface area (Å²) in [6, 6.07) is 9.73. The third-order valence-electron chi connectivity index (χ3n) is 4.76. The van der Waals surface area contributed by atoms with Gasteiger partial charge in [0.1, 0.15) is 12.7 Å². The van der Waals surface area contributed by atoms with Crippen LogP contribution in [0.5, 0.6) is 11.5 Å². The van der Waals surface area contributed by atoms with Crippen LogP contribution in [0, 0.1) is 13.7 Å². The molecule has 2 aromatic carbocycles. The highest BCUT2D eigenvalue weighted by Gasteiger charge is 2.21. The molecule has 0 radical (unpaired) electrons. The summed E-state index contributed by atoms with van der Waals surface area (Å²) < 4.78 is 95.5. The number of piperazine rings is 1. The first-order valence-electron chi connectivity index (χ1n) is 15.3. The van der Waals surface area contributed by atoms with Gasteiger partial charge in [-0.2, -0.15) is 0 Å². The van der Waals surface area contributed by atoms with Crippen LogP contribution in [-0.4, -0.2) is 79.8 Å². The number of amides is 1.